The number of nitrogens with one attached hydrogen (secondary N) is 1. The molecule has 10 heteroatoms. The van der Waals surface area contributed by atoms with Gasteiger partial charge in [-0.05, 0) is 60.7 Å². The van der Waals surface area contributed by atoms with Crippen molar-refractivity contribution in [1.82, 2.24) is 30.4 Å². The second-order valence-corrected chi connectivity index (χ2v) is 8.95. The average Bonchev–Trinajstić information content (AvgIpc) is 3.55. The highest BCUT2D eigenvalue weighted by Gasteiger charge is 2.29. The highest BCUT2D eigenvalue weighted by Crippen LogP contribution is 2.19. The normalized spacial score (nSPS) is 14.9. The zero-order valence-corrected chi connectivity index (χ0v) is 18.6. The molecule has 2 amide bonds. The van der Waals surface area contributed by atoms with E-state index >= 15 is 0 Å². The number of carbonyl (C=O) groups is 2. The Morgan fingerprint density at radius 3 is 2.69 bits per heavy atom. The van der Waals surface area contributed by atoms with Gasteiger partial charge in [0.1, 0.15) is 18.4 Å². The minimum atomic E-state index is -0.634. The number of hydrogen-bond donors (Lipinski definition) is 1. The van der Waals surface area contributed by atoms with Crippen LogP contribution < -0.4 is 5.32 Å². The Balaban J connectivity index is 1.47. The van der Waals surface area contributed by atoms with Crippen molar-refractivity contribution < 1.29 is 14.0 Å². The molecule has 2 heterocycles. The highest BCUT2D eigenvalue weighted by atomic mass is 32.1. The number of rotatable bonds is 8. The average molecular weight is 457 g/mol. The van der Waals surface area contributed by atoms with E-state index in [9.17, 15) is 14.0 Å². The Morgan fingerprint density at radius 1 is 1.25 bits per heavy atom. The Bertz CT molecular complexity index is 1050. The molecule has 32 heavy (non-hydrogen) atoms. The van der Waals surface area contributed by atoms with Gasteiger partial charge < -0.3 is 10.2 Å². The van der Waals surface area contributed by atoms with Crippen LogP contribution >= 0.6 is 11.3 Å². The van der Waals surface area contributed by atoms with Crippen LogP contribution in [0.25, 0.3) is 11.4 Å². The van der Waals surface area contributed by atoms with Gasteiger partial charge in [-0.1, -0.05) is 18.9 Å². The van der Waals surface area contributed by atoms with Crippen molar-refractivity contribution in [2.45, 2.75) is 57.8 Å². The lowest BCUT2D eigenvalue weighted by Gasteiger charge is -2.29. The minimum absolute atomic E-state index is 0.152. The summed E-state index contributed by atoms with van der Waals surface area (Å²) in [7, 11) is 0. The van der Waals surface area contributed by atoms with E-state index in [1.165, 1.54) is 28.3 Å². The van der Waals surface area contributed by atoms with Gasteiger partial charge in [0, 0.05) is 16.5 Å². The van der Waals surface area contributed by atoms with Crippen LogP contribution in [-0.4, -0.2) is 49.0 Å². The largest absolute Gasteiger partial charge is 0.352 e. The first-order chi connectivity index (χ1) is 15.5. The van der Waals surface area contributed by atoms with Crippen LogP contribution in [0, 0.1) is 5.82 Å². The third-order valence-corrected chi connectivity index (χ3v) is 6.47. The summed E-state index contributed by atoms with van der Waals surface area (Å²) in [6, 6.07) is 9.13. The molecule has 3 aromatic rings. The Hall–Kier alpha value is -3.14. The lowest BCUT2D eigenvalue weighted by atomic mass is 10.2. The number of nitrogens with zero attached hydrogens (tertiary/aromatic N) is 5. The SMILES string of the molecule is CC(C(=O)NC1CCCC1)N(Cc1cccs1)C(=O)Cn1nnc(-c2ccc(F)cc2)n1. The third-order valence-electron chi connectivity index (χ3n) is 5.61. The number of benzene rings is 1. The van der Waals surface area contributed by atoms with Gasteiger partial charge in [-0.25, -0.2) is 4.39 Å². The quantitative estimate of drug-likeness (QED) is 0.563. The fourth-order valence-corrected chi connectivity index (χ4v) is 4.48. The van der Waals surface area contributed by atoms with Crippen LogP contribution in [0.3, 0.4) is 0 Å². The van der Waals surface area contributed by atoms with Crippen LogP contribution in [0.1, 0.15) is 37.5 Å². The van der Waals surface area contributed by atoms with Gasteiger partial charge in [0.05, 0.1) is 6.54 Å². The lowest BCUT2D eigenvalue weighted by molar-refractivity contribution is -0.141. The summed E-state index contributed by atoms with van der Waals surface area (Å²) in [6.45, 7) is 1.92. The monoisotopic (exact) mass is 456 g/mol. The van der Waals surface area contributed by atoms with Gasteiger partial charge in [0.2, 0.25) is 17.6 Å². The molecular weight excluding hydrogens is 431 g/mol. The van der Waals surface area contributed by atoms with Crippen molar-refractivity contribution in [1.29, 1.82) is 0 Å². The van der Waals surface area contributed by atoms with Crippen molar-refractivity contribution in [3.63, 3.8) is 0 Å². The summed E-state index contributed by atoms with van der Waals surface area (Å²) in [6.07, 6.45) is 4.19. The molecule has 1 N–H and O–H groups in total. The zero-order chi connectivity index (χ0) is 22.5. The topological polar surface area (TPSA) is 93.0 Å². The smallest absolute Gasteiger partial charge is 0.247 e. The first kappa shape index (κ1) is 22.1. The summed E-state index contributed by atoms with van der Waals surface area (Å²) in [5.74, 6) is -0.490. The molecule has 1 aliphatic rings. The van der Waals surface area contributed by atoms with E-state index in [1.54, 1.807) is 24.0 Å². The predicted octanol–water partition coefficient (Wildman–Crippen LogP) is 3.02. The first-order valence-corrected chi connectivity index (χ1v) is 11.5. The molecule has 1 atom stereocenters. The van der Waals surface area contributed by atoms with E-state index in [0.29, 0.717) is 17.9 Å². The van der Waals surface area contributed by atoms with Crippen molar-refractivity contribution in [2.75, 3.05) is 0 Å². The molecular formula is C22H25FN6O2S. The Kier molecular flexibility index (Phi) is 6.89. The molecule has 1 aliphatic carbocycles. The number of carbonyl (C=O) groups excluding carboxylic acids is 2. The number of thiophene rings is 1. The van der Waals surface area contributed by atoms with Gasteiger partial charge in [-0.15, -0.1) is 21.5 Å². The fraction of sp³-hybridized carbons (Fsp3) is 0.409. The number of amides is 2. The molecule has 0 aliphatic heterocycles. The first-order valence-electron chi connectivity index (χ1n) is 10.7. The number of tetrazole rings is 1. The van der Waals surface area contributed by atoms with Crippen LogP contribution in [0.15, 0.2) is 41.8 Å². The summed E-state index contributed by atoms with van der Waals surface area (Å²) < 4.78 is 13.1. The van der Waals surface area contributed by atoms with E-state index < -0.39 is 6.04 Å². The van der Waals surface area contributed by atoms with Crippen LogP contribution in [-0.2, 0) is 22.7 Å². The number of aromatic nitrogens is 4. The van der Waals surface area contributed by atoms with E-state index in [0.717, 1.165) is 30.6 Å². The zero-order valence-electron chi connectivity index (χ0n) is 17.8. The fourth-order valence-electron chi connectivity index (χ4n) is 3.78. The maximum absolute atomic E-state index is 13.2. The summed E-state index contributed by atoms with van der Waals surface area (Å²) in [4.78, 5) is 29.8. The summed E-state index contributed by atoms with van der Waals surface area (Å²) in [5.41, 5.74) is 0.602. The standard InChI is InChI=1S/C22H25FN6O2S/c1-15(22(31)24-18-5-2-3-6-18)28(13-19-7-4-12-32-19)20(30)14-29-26-21(25-27-29)16-8-10-17(23)11-9-16/h4,7-12,15,18H,2-3,5-6,13-14H2,1H3,(H,24,31). The van der Waals surface area contributed by atoms with Crippen LogP contribution in [0.5, 0.6) is 0 Å². The second kappa shape index (κ2) is 9.99. The Morgan fingerprint density at radius 2 is 2.00 bits per heavy atom. The molecule has 1 unspecified atom stereocenters. The molecule has 1 saturated carbocycles. The van der Waals surface area contributed by atoms with Gasteiger partial charge >= 0.3 is 0 Å². The third kappa shape index (κ3) is 5.37. The summed E-state index contributed by atoms with van der Waals surface area (Å²) in [5, 5.41) is 17.2. The van der Waals surface area contributed by atoms with Crippen molar-refractivity contribution in [3.8, 4) is 11.4 Å². The highest BCUT2D eigenvalue weighted by molar-refractivity contribution is 7.09. The second-order valence-electron chi connectivity index (χ2n) is 7.92. The Labute approximate surface area is 189 Å². The van der Waals surface area contributed by atoms with E-state index in [4.69, 9.17) is 0 Å². The number of hydrogen-bond acceptors (Lipinski definition) is 6. The molecule has 0 saturated heterocycles. The molecule has 1 fully saturated rings. The molecule has 0 spiro atoms. The van der Waals surface area contributed by atoms with Crippen LogP contribution in [0.2, 0.25) is 0 Å². The van der Waals surface area contributed by atoms with Crippen LogP contribution in [0.4, 0.5) is 4.39 Å². The van der Waals surface area contributed by atoms with E-state index in [2.05, 4.69) is 20.7 Å². The van der Waals surface area contributed by atoms with E-state index in [1.807, 2.05) is 17.5 Å². The van der Waals surface area contributed by atoms with Gasteiger partial charge in [-0.3, -0.25) is 9.59 Å². The predicted molar refractivity (Wildman–Crippen MR) is 118 cm³/mol. The molecule has 168 valence electrons. The molecule has 8 nitrogen and oxygen atoms in total. The summed E-state index contributed by atoms with van der Waals surface area (Å²) >= 11 is 1.53. The molecule has 4 rings (SSSR count). The van der Waals surface area contributed by atoms with Crippen molar-refractivity contribution in [2.24, 2.45) is 0 Å². The van der Waals surface area contributed by atoms with Gasteiger partial charge in [0.15, 0.2) is 0 Å². The van der Waals surface area contributed by atoms with Gasteiger partial charge in [0.25, 0.3) is 0 Å². The molecule has 0 bridgehead atoms. The van der Waals surface area contributed by atoms with E-state index in [-0.39, 0.29) is 30.2 Å². The lowest BCUT2D eigenvalue weighted by Crippen LogP contribution is -2.50. The van der Waals surface area contributed by atoms with Gasteiger partial charge in [-0.2, -0.15) is 4.80 Å². The maximum Gasteiger partial charge on any atom is 0.247 e. The van der Waals surface area contributed by atoms with Crippen molar-refractivity contribution >= 4 is 23.2 Å². The molecule has 0 radical (unpaired) electrons. The maximum atomic E-state index is 13.2. The molecule has 2 aromatic heterocycles. The number of halogens is 1. The minimum Gasteiger partial charge on any atom is -0.352 e. The molecule has 1 aromatic carbocycles. The van der Waals surface area contributed by atoms with Crippen molar-refractivity contribution in [3.05, 3.63) is 52.5 Å².